The third-order valence-electron chi connectivity index (χ3n) is 0.940. The Morgan fingerprint density at radius 3 is 1.05 bits per heavy atom. The van der Waals surface area contributed by atoms with Crippen LogP contribution >= 0.6 is 0 Å². The SMILES string of the molecule is CC(C)O.CC(C)O.CC(C)O.[F][GeH]([F])[c-]1cccc1.[Hf]. The van der Waals surface area contributed by atoms with Gasteiger partial charge in [-0.3, -0.25) is 0 Å². The molecule has 0 saturated heterocycles. The molecule has 3 N–H and O–H groups in total. The molecule has 7 heteroatoms. The summed E-state index contributed by atoms with van der Waals surface area (Å²) in [4.78, 5) is 0. The molecule has 0 fully saturated rings. The molecular weight excluding hydrogens is 505 g/mol. The number of aliphatic hydroxyl groups is 3. The van der Waals surface area contributed by atoms with Crippen LogP contribution in [-0.2, 0) is 25.8 Å². The van der Waals surface area contributed by atoms with Crippen LogP contribution in [0.15, 0.2) is 24.3 Å². The minimum Gasteiger partial charge on any atom is 0 e. The molecule has 0 amide bonds. The second kappa shape index (κ2) is 20.5. The Labute approximate surface area is 151 Å². The summed E-state index contributed by atoms with van der Waals surface area (Å²) < 4.78 is 23.9. The van der Waals surface area contributed by atoms with E-state index in [1.54, 1.807) is 53.7 Å². The fraction of sp³-hybridized carbons (Fsp3) is 0.643. The Balaban J connectivity index is -0.0000000973. The molecule has 0 unspecified atom stereocenters. The van der Waals surface area contributed by atoms with E-state index in [9.17, 15) is 7.00 Å². The second-order valence-electron chi connectivity index (χ2n) is 4.80. The van der Waals surface area contributed by atoms with Gasteiger partial charge in [0.2, 0.25) is 0 Å². The van der Waals surface area contributed by atoms with E-state index in [1.165, 1.54) is 12.1 Å². The summed E-state index contributed by atoms with van der Waals surface area (Å²) in [7, 11) is 0. The second-order valence-corrected chi connectivity index (χ2v) is 7.46. The van der Waals surface area contributed by atoms with Crippen LogP contribution in [0.1, 0.15) is 41.5 Å². The monoisotopic (exact) mass is 537 g/mol. The third-order valence-corrected chi connectivity index (χ3v) is 2.81. The molecule has 0 atom stereocenters. The zero-order chi connectivity index (χ0) is 16.7. The molecule has 0 aromatic heterocycles. The van der Waals surface area contributed by atoms with Gasteiger partial charge in [0.1, 0.15) is 0 Å². The molecule has 0 aliphatic rings. The minimum absolute atomic E-state index is 0. The summed E-state index contributed by atoms with van der Waals surface area (Å²) in [5, 5.41) is 24.2. The van der Waals surface area contributed by atoms with Crippen LogP contribution in [-0.4, -0.2) is 48.9 Å². The normalized spacial score (nSPS) is 9.10. The quantitative estimate of drug-likeness (QED) is 0.382. The zero-order valence-electron chi connectivity index (χ0n) is 13.7. The van der Waals surface area contributed by atoms with Gasteiger partial charge < -0.3 is 15.3 Å². The predicted molar refractivity (Wildman–Crippen MR) is 83.1 cm³/mol. The van der Waals surface area contributed by atoms with Gasteiger partial charge in [-0.2, -0.15) is 0 Å². The molecule has 1 aromatic carbocycles. The molecule has 0 aliphatic heterocycles. The molecule has 0 aliphatic carbocycles. The number of halogens is 2. The van der Waals surface area contributed by atoms with Crippen LogP contribution in [0.5, 0.6) is 0 Å². The molecule has 0 radical (unpaired) electrons. The smallest absolute Gasteiger partial charge is 0 e. The van der Waals surface area contributed by atoms with Crippen LogP contribution in [0.25, 0.3) is 0 Å². The van der Waals surface area contributed by atoms with Gasteiger partial charge in [-0.15, -0.1) is 0 Å². The van der Waals surface area contributed by atoms with Gasteiger partial charge in [0.15, 0.2) is 0 Å². The topological polar surface area (TPSA) is 60.7 Å². The Bertz CT molecular complexity index is 247. The number of rotatable bonds is 1. The Morgan fingerprint density at radius 1 is 0.762 bits per heavy atom. The summed E-state index contributed by atoms with van der Waals surface area (Å²) in [6, 6.07) is 6.27. The van der Waals surface area contributed by atoms with Gasteiger partial charge >= 0.3 is 50.9 Å². The standard InChI is InChI=1S/C5H5F2Ge.3C3H8O.Hf/c6-8(7)5-3-1-2-4-5;3*1-3(2)4;/h1-4,8H;3*3-4H,1-2H3;/q-1;;;;. The Morgan fingerprint density at radius 2 is 0.952 bits per heavy atom. The van der Waals surface area contributed by atoms with Crippen molar-refractivity contribution in [3.05, 3.63) is 24.3 Å². The first kappa shape index (κ1) is 29.5. The van der Waals surface area contributed by atoms with E-state index in [-0.39, 0.29) is 48.6 Å². The van der Waals surface area contributed by atoms with Crippen molar-refractivity contribution in [2.45, 2.75) is 59.9 Å². The van der Waals surface area contributed by atoms with Crippen molar-refractivity contribution in [3.63, 3.8) is 0 Å². The van der Waals surface area contributed by atoms with Crippen LogP contribution in [0, 0.1) is 0 Å². The van der Waals surface area contributed by atoms with Crippen LogP contribution in [0.2, 0.25) is 0 Å². The number of hydrogen-bond donors (Lipinski definition) is 3. The molecular formula is C14H29F2GeHfO3-. The first-order valence-electron chi connectivity index (χ1n) is 6.54. The van der Waals surface area contributed by atoms with Gasteiger partial charge in [0.05, 0.1) is 0 Å². The summed E-state index contributed by atoms with van der Waals surface area (Å²) >= 11 is -3.89. The number of aliphatic hydroxyl groups excluding tert-OH is 3. The molecule has 3 nitrogen and oxygen atoms in total. The van der Waals surface area contributed by atoms with Crippen LogP contribution < -0.4 is 4.40 Å². The maximum Gasteiger partial charge on any atom is 0 e. The molecule has 1 aromatic rings. The molecule has 0 bridgehead atoms. The Hall–Kier alpha value is 0.503. The van der Waals surface area contributed by atoms with E-state index in [0.29, 0.717) is 0 Å². The van der Waals surface area contributed by atoms with Crippen LogP contribution in [0.4, 0.5) is 7.00 Å². The van der Waals surface area contributed by atoms with Crippen molar-refractivity contribution < 1.29 is 48.2 Å². The first-order valence-corrected chi connectivity index (χ1v) is 9.58. The molecule has 0 saturated carbocycles. The third kappa shape index (κ3) is 53.0. The first-order chi connectivity index (χ1) is 9.00. The van der Waals surface area contributed by atoms with Gasteiger partial charge in [0.25, 0.3) is 0 Å². The van der Waals surface area contributed by atoms with Crippen LogP contribution in [0.3, 0.4) is 0 Å². The molecule has 0 spiro atoms. The average Bonchev–Trinajstić information content (AvgIpc) is 2.66. The van der Waals surface area contributed by atoms with E-state index in [2.05, 4.69) is 0 Å². The largest absolute Gasteiger partial charge is 0 e. The molecule has 1 rings (SSSR count). The van der Waals surface area contributed by atoms with Crippen molar-refractivity contribution in [1.82, 2.24) is 0 Å². The van der Waals surface area contributed by atoms with Crippen molar-refractivity contribution in [3.8, 4) is 0 Å². The van der Waals surface area contributed by atoms with E-state index >= 15 is 0 Å². The summed E-state index contributed by atoms with van der Waals surface area (Å²) in [6.07, 6.45) is -0.500. The molecule has 126 valence electrons. The maximum atomic E-state index is 11.8. The van der Waals surface area contributed by atoms with Gasteiger partial charge in [0, 0.05) is 44.2 Å². The van der Waals surface area contributed by atoms with E-state index < -0.39 is 15.3 Å². The Kier molecular flexibility index (Phi) is 28.8. The fourth-order valence-electron chi connectivity index (χ4n) is 0.534. The van der Waals surface area contributed by atoms with E-state index in [1.807, 2.05) is 0 Å². The summed E-state index contributed by atoms with van der Waals surface area (Å²) in [6.45, 7) is 10.3. The predicted octanol–water partition coefficient (Wildman–Crippen LogP) is 1.93. The van der Waals surface area contributed by atoms with E-state index in [0.717, 1.165) is 0 Å². The fourth-order valence-corrected chi connectivity index (χ4v) is 1.61. The van der Waals surface area contributed by atoms with Gasteiger partial charge in [-0.1, -0.05) is 0 Å². The van der Waals surface area contributed by atoms with Crippen molar-refractivity contribution in [2.24, 2.45) is 0 Å². The van der Waals surface area contributed by atoms with Gasteiger partial charge in [-0.05, 0) is 41.5 Å². The maximum absolute atomic E-state index is 11.8. The summed E-state index contributed by atoms with van der Waals surface area (Å²) in [5.74, 6) is 0. The zero-order valence-corrected chi connectivity index (χ0v) is 19.7. The van der Waals surface area contributed by atoms with Gasteiger partial charge in [-0.25, -0.2) is 0 Å². The molecule has 0 heterocycles. The van der Waals surface area contributed by atoms with E-state index in [4.69, 9.17) is 15.3 Å². The molecule has 21 heavy (non-hydrogen) atoms. The van der Waals surface area contributed by atoms with Crippen molar-refractivity contribution in [1.29, 1.82) is 0 Å². The average molecular weight is 534 g/mol. The number of hydrogen-bond acceptors (Lipinski definition) is 3. The minimum atomic E-state index is -3.89. The summed E-state index contributed by atoms with van der Waals surface area (Å²) in [5.41, 5.74) is 0. The van der Waals surface area contributed by atoms with Crippen molar-refractivity contribution in [2.75, 3.05) is 0 Å². The van der Waals surface area contributed by atoms with Crippen molar-refractivity contribution >= 4 is 19.7 Å².